The first-order valence-electron chi connectivity index (χ1n) is 4.34. The van der Waals surface area contributed by atoms with E-state index in [1.807, 2.05) is 12.1 Å². The van der Waals surface area contributed by atoms with Crippen LogP contribution in [0.25, 0.3) is 0 Å². The standard InChI is InChI=1S/C10H12BrNO/c1-2-3-9(7-13)8-4-5-12-10(11)6-8/h4-7,9H,2-3H2,1H3. The van der Waals surface area contributed by atoms with Gasteiger partial charge >= 0.3 is 0 Å². The van der Waals surface area contributed by atoms with Crippen LogP contribution in [0.1, 0.15) is 31.2 Å². The molecule has 1 atom stereocenters. The maximum atomic E-state index is 10.8. The van der Waals surface area contributed by atoms with Crippen LogP contribution in [0.3, 0.4) is 0 Å². The highest BCUT2D eigenvalue weighted by atomic mass is 79.9. The predicted molar refractivity (Wildman–Crippen MR) is 55.7 cm³/mol. The Bertz CT molecular complexity index is 288. The van der Waals surface area contributed by atoms with Crippen LogP contribution in [-0.4, -0.2) is 11.3 Å². The quantitative estimate of drug-likeness (QED) is 0.600. The summed E-state index contributed by atoms with van der Waals surface area (Å²) in [6.45, 7) is 2.08. The first-order chi connectivity index (χ1) is 6.27. The number of carbonyl (C=O) groups excluding carboxylic acids is 1. The van der Waals surface area contributed by atoms with Crippen molar-refractivity contribution in [3.05, 3.63) is 28.5 Å². The summed E-state index contributed by atoms with van der Waals surface area (Å²) in [5.41, 5.74) is 1.04. The van der Waals surface area contributed by atoms with Gasteiger partial charge in [-0.05, 0) is 40.0 Å². The van der Waals surface area contributed by atoms with Gasteiger partial charge in [0, 0.05) is 12.1 Å². The summed E-state index contributed by atoms with van der Waals surface area (Å²) < 4.78 is 0.785. The fourth-order valence-electron chi connectivity index (χ4n) is 1.27. The molecule has 1 heterocycles. The van der Waals surface area contributed by atoms with E-state index in [0.717, 1.165) is 29.3 Å². The normalized spacial score (nSPS) is 12.5. The van der Waals surface area contributed by atoms with Crippen molar-refractivity contribution in [2.24, 2.45) is 0 Å². The Morgan fingerprint density at radius 3 is 3.00 bits per heavy atom. The van der Waals surface area contributed by atoms with E-state index in [-0.39, 0.29) is 5.92 Å². The van der Waals surface area contributed by atoms with Gasteiger partial charge in [-0.15, -0.1) is 0 Å². The Morgan fingerprint density at radius 2 is 2.46 bits per heavy atom. The minimum Gasteiger partial charge on any atom is -0.303 e. The lowest BCUT2D eigenvalue weighted by molar-refractivity contribution is -0.109. The van der Waals surface area contributed by atoms with E-state index >= 15 is 0 Å². The lowest BCUT2D eigenvalue weighted by Gasteiger charge is -2.08. The molecule has 70 valence electrons. The summed E-state index contributed by atoms with van der Waals surface area (Å²) in [5, 5.41) is 0. The van der Waals surface area contributed by atoms with Crippen LogP contribution < -0.4 is 0 Å². The minimum absolute atomic E-state index is 0.0179. The molecule has 3 heteroatoms. The molecule has 0 saturated carbocycles. The number of pyridine rings is 1. The van der Waals surface area contributed by atoms with Gasteiger partial charge in [-0.25, -0.2) is 4.98 Å². The second-order valence-corrected chi connectivity index (χ2v) is 3.76. The molecule has 0 aliphatic heterocycles. The van der Waals surface area contributed by atoms with Gasteiger partial charge in [-0.1, -0.05) is 13.3 Å². The SMILES string of the molecule is CCCC(C=O)c1ccnc(Br)c1. The fraction of sp³-hybridized carbons (Fsp3) is 0.400. The van der Waals surface area contributed by atoms with Gasteiger partial charge in [0.25, 0.3) is 0 Å². The topological polar surface area (TPSA) is 30.0 Å². The second kappa shape index (κ2) is 5.12. The molecule has 0 amide bonds. The Balaban J connectivity index is 2.84. The lowest BCUT2D eigenvalue weighted by Crippen LogP contribution is -1.99. The molecular weight excluding hydrogens is 230 g/mol. The number of nitrogens with zero attached hydrogens (tertiary/aromatic N) is 1. The van der Waals surface area contributed by atoms with E-state index in [0.29, 0.717) is 0 Å². The monoisotopic (exact) mass is 241 g/mol. The third-order valence-electron chi connectivity index (χ3n) is 1.94. The largest absolute Gasteiger partial charge is 0.303 e. The van der Waals surface area contributed by atoms with Crippen molar-refractivity contribution < 1.29 is 4.79 Å². The summed E-state index contributed by atoms with van der Waals surface area (Å²) in [7, 11) is 0. The van der Waals surface area contributed by atoms with Gasteiger partial charge in [0.15, 0.2) is 0 Å². The second-order valence-electron chi connectivity index (χ2n) is 2.94. The molecular formula is C10H12BrNO. The van der Waals surface area contributed by atoms with Crippen LogP contribution in [-0.2, 0) is 4.79 Å². The van der Waals surface area contributed by atoms with Crippen molar-refractivity contribution in [3.8, 4) is 0 Å². The summed E-state index contributed by atoms with van der Waals surface area (Å²) >= 11 is 3.28. The van der Waals surface area contributed by atoms with Gasteiger partial charge in [0.1, 0.15) is 10.9 Å². The van der Waals surface area contributed by atoms with E-state index < -0.39 is 0 Å². The third kappa shape index (κ3) is 2.92. The number of rotatable bonds is 4. The third-order valence-corrected chi connectivity index (χ3v) is 2.38. The molecule has 1 rings (SSSR count). The Hall–Kier alpha value is -0.700. The number of halogens is 1. The van der Waals surface area contributed by atoms with Crippen LogP contribution in [0.4, 0.5) is 0 Å². The fourth-order valence-corrected chi connectivity index (χ4v) is 1.65. The molecule has 0 spiro atoms. The van der Waals surface area contributed by atoms with Crippen molar-refractivity contribution in [1.82, 2.24) is 4.98 Å². The Labute approximate surface area is 86.5 Å². The highest BCUT2D eigenvalue weighted by Crippen LogP contribution is 2.20. The molecule has 13 heavy (non-hydrogen) atoms. The minimum atomic E-state index is 0.0179. The molecule has 0 bridgehead atoms. The average Bonchev–Trinajstić information content (AvgIpc) is 2.14. The van der Waals surface area contributed by atoms with Crippen molar-refractivity contribution in [1.29, 1.82) is 0 Å². The van der Waals surface area contributed by atoms with Gasteiger partial charge in [0.05, 0.1) is 0 Å². The van der Waals surface area contributed by atoms with Gasteiger partial charge in [0.2, 0.25) is 0 Å². The van der Waals surface area contributed by atoms with Gasteiger partial charge in [-0.3, -0.25) is 0 Å². The van der Waals surface area contributed by atoms with Crippen LogP contribution in [0.2, 0.25) is 0 Å². The van der Waals surface area contributed by atoms with Crippen molar-refractivity contribution in [3.63, 3.8) is 0 Å². The molecule has 0 aromatic carbocycles. The molecule has 1 aromatic heterocycles. The molecule has 1 unspecified atom stereocenters. The first-order valence-corrected chi connectivity index (χ1v) is 5.14. The van der Waals surface area contributed by atoms with E-state index in [2.05, 4.69) is 27.8 Å². The smallest absolute Gasteiger partial charge is 0.127 e. The van der Waals surface area contributed by atoms with E-state index in [1.165, 1.54) is 0 Å². The highest BCUT2D eigenvalue weighted by Gasteiger charge is 2.09. The molecule has 0 aliphatic rings. The van der Waals surface area contributed by atoms with Crippen LogP contribution in [0, 0.1) is 0 Å². The summed E-state index contributed by atoms with van der Waals surface area (Å²) in [4.78, 5) is 14.8. The molecule has 0 fully saturated rings. The average molecular weight is 242 g/mol. The van der Waals surface area contributed by atoms with E-state index in [4.69, 9.17) is 0 Å². The number of carbonyl (C=O) groups is 1. The van der Waals surface area contributed by atoms with Crippen LogP contribution >= 0.6 is 15.9 Å². The lowest BCUT2D eigenvalue weighted by atomic mass is 9.97. The summed E-state index contributed by atoms with van der Waals surface area (Å²) in [5.74, 6) is 0.0179. The number of hydrogen-bond donors (Lipinski definition) is 0. The van der Waals surface area contributed by atoms with E-state index in [9.17, 15) is 4.79 Å². The molecule has 0 N–H and O–H groups in total. The zero-order valence-electron chi connectivity index (χ0n) is 7.53. The van der Waals surface area contributed by atoms with E-state index in [1.54, 1.807) is 6.20 Å². The molecule has 1 aromatic rings. The van der Waals surface area contributed by atoms with Crippen molar-refractivity contribution in [2.45, 2.75) is 25.7 Å². The number of aromatic nitrogens is 1. The Morgan fingerprint density at radius 1 is 1.69 bits per heavy atom. The Kier molecular flexibility index (Phi) is 4.09. The molecule has 0 radical (unpaired) electrons. The van der Waals surface area contributed by atoms with Crippen LogP contribution in [0.15, 0.2) is 22.9 Å². The zero-order valence-corrected chi connectivity index (χ0v) is 9.12. The maximum Gasteiger partial charge on any atom is 0.127 e. The maximum absolute atomic E-state index is 10.8. The molecule has 0 aliphatic carbocycles. The van der Waals surface area contributed by atoms with Crippen LogP contribution in [0.5, 0.6) is 0 Å². The van der Waals surface area contributed by atoms with Crippen molar-refractivity contribution >= 4 is 22.2 Å². The summed E-state index contributed by atoms with van der Waals surface area (Å²) in [6.07, 6.45) is 4.64. The summed E-state index contributed by atoms with van der Waals surface area (Å²) in [6, 6.07) is 3.79. The molecule has 2 nitrogen and oxygen atoms in total. The number of hydrogen-bond acceptors (Lipinski definition) is 2. The van der Waals surface area contributed by atoms with Crippen molar-refractivity contribution in [2.75, 3.05) is 0 Å². The van der Waals surface area contributed by atoms with Gasteiger partial charge < -0.3 is 4.79 Å². The first kappa shape index (κ1) is 10.4. The predicted octanol–water partition coefficient (Wildman–Crippen LogP) is 2.93. The molecule has 0 saturated heterocycles. The highest BCUT2D eigenvalue weighted by molar-refractivity contribution is 9.10. The number of aldehydes is 1. The zero-order chi connectivity index (χ0) is 9.68. The van der Waals surface area contributed by atoms with Gasteiger partial charge in [-0.2, -0.15) is 0 Å².